The van der Waals surface area contributed by atoms with E-state index in [0.29, 0.717) is 34.2 Å². The molecule has 0 bridgehead atoms. The van der Waals surface area contributed by atoms with E-state index in [1.54, 1.807) is 49.1 Å². The summed E-state index contributed by atoms with van der Waals surface area (Å²) in [6.07, 6.45) is 0. The average Bonchev–Trinajstić information content (AvgIpc) is 3.20. The van der Waals surface area contributed by atoms with Gasteiger partial charge in [0.25, 0.3) is 5.91 Å². The number of aryl methyl sites for hydroxylation is 1. The number of ether oxygens (including phenoxy) is 2. The molecule has 0 radical (unpaired) electrons. The van der Waals surface area contributed by atoms with Crippen LogP contribution in [0.25, 0.3) is 0 Å². The first-order valence-electron chi connectivity index (χ1n) is 10.1. The van der Waals surface area contributed by atoms with Crippen molar-refractivity contribution in [3.05, 3.63) is 83.4 Å². The molecular formula is C25H24N2O4S. The molecule has 1 fully saturated rings. The lowest BCUT2D eigenvalue weighted by Gasteiger charge is -2.26. The molecule has 32 heavy (non-hydrogen) atoms. The highest BCUT2D eigenvalue weighted by molar-refractivity contribution is 8.00. The Balaban J connectivity index is 1.55. The summed E-state index contributed by atoms with van der Waals surface area (Å²) in [5.41, 5.74) is 4.07. The second-order valence-corrected chi connectivity index (χ2v) is 8.48. The normalized spacial score (nSPS) is 15.5. The molecule has 1 unspecified atom stereocenters. The van der Waals surface area contributed by atoms with E-state index in [1.807, 2.05) is 55.5 Å². The van der Waals surface area contributed by atoms with Crippen LogP contribution in [0.3, 0.4) is 0 Å². The minimum atomic E-state index is -0.188. The molecule has 2 amide bonds. The van der Waals surface area contributed by atoms with Gasteiger partial charge in [0, 0.05) is 17.3 Å². The fourth-order valence-electron chi connectivity index (χ4n) is 3.55. The van der Waals surface area contributed by atoms with Gasteiger partial charge in [0.15, 0.2) is 0 Å². The van der Waals surface area contributed by atoms with Crippen LogP contribution in [-0.4, -0.2) is 31.8 Å². The van der Waals surface area contributed by atoms with Crippen molar-refractivity contribution in [3.8, 4) is 11.5 Å². The van der Waals surface area contributed by atoms with Gasteiger partial charge in [-0.2, -0.15) is 0 Å². The zero-order valence-corrected chi connectivity index (χ0v) is 18.9. The molecule has 0 aliphatic carbocycles. The lowest BCUT2D eigenvalue weighted by Crippen LogP contribution is -2.28. The van der Waals surface area contributed by atoms with Crippen LogP contribution >= 0.6 is 11.8 Å². The third-order valence-corrected chi connectivity index (χ3v) is 6.49. The molecule has 3 aromatic rings. The van der Waals surface area contributed by atoms with Gasteiger partial charge in [0.2, 0.25) is 5.91 Å². The number of carbonyl (C=O) groups is 2. The molecule has 1 atom stereocenters. The fourth-order valence-corrected chi connectivity index (χ4v) is 4.72. The predicted octanol–water partition coefficient (Wildman–Crippen LogP) is 5.04. The first-order chi connectivity index (χ1) is 15.5. The van der Waals surface area contributed by atoms with E-state index < -0.39 is 0 Å². The number of hydrogen-bond donors (Lipinski definition) is 1. The largest absolute Gasteiger partial charge is 0.497 e. The molecule has 0 aromatic heterocycles. The Hall–Kier alpha value is -3.45. The number of nitrogens with one attached hydrogen (secondary N) is 1. The number of benzene rings is 3. The Morgan fingerprint density at radius 2 is 1.72 bits per heavy atom. The van der Waals surface area contributed by atoms with Crippen LogP contribution in [0.4, 0.5) is 11.4 Å². The maximum absolute atomic E-state index is 12.7. The maximum atomic E-state index is 12.7. The topological polar surface area (TPSA) is 67.9 Å². The number of nitrogens with zero attached hydrogens (tertiary/aromatic N) is 1. The summed E-state index contributed by atoms with van der Waals surface area (Å²) in [6, 6.07) is 20.4. The van der Waals surface area contributed by atoms with Gasteiger partial charge in [-0.15, -0.1) is 11.8 Å². The summed E-state index contributed by atoms with van der Waals surface area (Å²) in [5.74, 6) is 1.47. The number of rotatable bonds is 6. The lowest BCUT2D eigenvalue weighted by atomic mass is 10.1. The van der Waals surface area contributed by atoms with Crippen molar-refractivity contribution in [2.45, 2.75) is 12.3 Å². The second kappa shape index (κ2) is 9.36. The number of hydrogen-bond acceptors (Lipinski definition) is 5. The molecule has 1 aliphatic rings. The van der Waals surface area contributed by atoms with Crippen molar-refractivity contribution < 1.29 is 19.1 Å². The second-order valence-electron chi connectivity index (χ2n) is 7.41. The van der Waals surface area contributed by atoms with E-state index in [-0.39, 0.29) is 17.2 Å². The van der Waals surface area contributed by atoms with E-state index >= 15 is 0 Å². The van der Waals surface area contributed by atoms with Crippen molar-refractivity contribution >= 4 is 35.0 Å². The van der Waals surface area contributed by atoms with Crippen LogP contribution in [0.5, 0.6) is 11.5 Å². The SMILES string of the molecule is COc1ccc(N2C(=O)CSC2c2ccc(NC(=O)c3ccc(C)cc3)cc2)c(OC)c1. The highest BCUT2D eigenvalue weighted by Gasteiger charge is 2.35. The summed E-state index contributed by atoms with van der Waals surface area (Å²) >= 11 is 1.56. The molecule has 1 aliphatic heterocycles. The lowest BCUT2D eigenvalue weighted by molar-refractivity contribution is -0.115. The summed E-state index contributed by atoms with van der Waals surface area (Å²) in [6.45, 7) is 1.98. The first-order valence-corrected chi connectivity index (χ1v) is 11.2. The molecular weight excluding hydrogens is 424 g/mol. The quantitative estimate of drug-likeness (QED) is 0.572. The Morgan fingerprint density at radius 3 is 2.38 bits per heavy atom. The van der Waals surface area contributed by atoms with Gasteiger partial charge in [-0.25, -0.2) is 0 Å². The summed E-state index contributed by atoms with van der Waals surface area (Å²) in [5, 5.41) is 2.73. The van der Waals surface area contributed by atoms with Gasteiger partial charge in [0.05, 0.1) is 25.7 Å². The molecule has 6 nitrogen and oxygen atoms in total. The van der Waals surface area contributed by atoms with Crippen LogP contribution in [0.1, 0.15) is 26.9 Å². The smallest absolute Gasteiger partial charge is 0.255 e. The average molecular weight is 449 g/mol. The molecule has 4 rings (SSSR count). The van der Waals surface area contributed by atoms with Crippen molar-refractivity contribution in [2.24, 2.45) is 0 Å². The van der Waals surface area contributed by atoms with Crippen LogP contribution < -0.4 is 19.7 Å². The molecule has 164 valence electrons. The van der Waals surface area contributed by atoms with Gasteiger partial charge < -0.3 is 14.8 Å². The van der Waals surface area contributed by atoms with E-state index in [1.165, 1.54) is 0 Å². The van der Waals surface area contributed by atoms with Crippen LogP contribution in [0.2, 0.25) is 0 Å². The van der Waals surface area contributed by atoms with E-state index in [9.17, 15) is 9.59 Å². The zero-order chi connectivity index (χ0) is 22.7. The molecule has 3 aromatic carbocycles. The van der Waals surface area contributed by atoms with Crippen molar-refractivity contribution in [2.75, 3.05) is 30.2 Å². The van der Waals surface area contributed by atoms with Crippen molar-refractivity contribution in [3.63, 3.8) is 0 Å². The molecule has 1 heterocycles. The molecule has 0 saturated carbocycles. The Morgan fingerprint density at radius 1 is 1.00 bits per heavy atom. The minimum Gasteiger partial charge on any atom is -0.497 e. The number of carbonyl (C=O) groups excluding carboxylic acids is 2. The first kappa shape index (κ1) is 21.8. The number of thioether (sulfide) groups is 1. The fraction of sp³-hybridized carbons (Fsp3) is 0.200. The van der Waals surface area contributed by atoms with E-state index in [2.05, 4.69) is 5.32 Å². The Labute approximate surface area is 191 Å². The standard InChI is InChI=1S/C25H24N2O4S/c1-16-4-6-17(7-5-16)24(29)26-19-10-8-18(9-11-19)25-27(23(28)15-32-25)21-13-12-20(30-2)14-22(21)31-3/h4-14,25H,15H2,1-3H3,(H,26,29). The minimum absolute atomic E-state index is 0.0141. The van der Waals surface area contributed by atoms with Gasteiger partial charge in [-0.3, -0.25) is 14.5 Å². The maximum Gasteiger partial charge on any atom is 0.255 e. The van der Waals surface area contributed by atoms with E-state index in [4.69, 9.17) is 9.47 Å². The number of methoxy groups -OCH3 is 2. The number of anilines is 2. The molecule has 0 spiro atoms. The van der Waals surface area contributed by atoms with Crippen molar-refractivity contribution in [1.82, 2.24) is 0 Å². The molecule has 1 saturated heterocycles. The highest BCUT2D eigenvalue weighted by atomic mass is 32.2. The number of amides is 2. The Kier molecular flexibility index (Phi) is 6.37. The van der Waals surface area contributed by atoms with Crippen molar-refractivity contribution in [1.29, 1.82) is 0 Å². The van der Waals surface area contributed by atoms with Gasteiger partial charge in [0.1, 0.15) is 16.9 Å². The highest BCUT2D eigenvalue weighted by Crippen LogP contribution is 2.45. The summed E-state index contributed by atoms with van der Waals surface area (Å²) in [7, 11) is 3.17. The van der Waals surface area contributed by atoms with Gasteiger partial charge >= 0.3 is 0 Å². The summed E-state index contributed by atoms with van der Waals surface area (Å²) in [4.78, 5) is 27.0. The third-order valence-electron chi connectivity index (χ3n) is 5.28. The molecule has 7 heteroatoms. The third kappa shape index (κ3) is 4.43. The monoisotopic (exact) mass is 448 g/mol. The van der Waals surface area contributed by atoms with Crippen LogP contribution in [-0.2, 0) is 4.79 Å². The van der Waals surface area contributed by atoms with Gasteiger partial charge in [-0.05, 0) is 48.9 Å². The Bertz CT molecular complexity index is 1130. The van der Waals surface area contributed by atoms with Crippen LogP contribution in [0, 0.1) is 6.92 Å². The predicted molar refractivity (Wildman–Crippen MR) is 128 cm³/mol. The van der Waals surface area contributed by atoms with Gasteiger partial charge in [-0.1, -0.05) is 29.8 Å². The van der Waals surface area contributed by atoms with Crippen LogP contribution in [0.15, 0.2) is 66.7 Å². The van der Waals surface area contributed by atoms with E-state index in [0.717, 1.165) is 11.1 Å². The molecule has 1 N–H and O–H groups in total. The summed E-state index contributed by atoms with van der Waals surface area (Å²) < 4.78 is 10.8. The zero-order valence-electron chi connectivity index (χ0n) is 18.1.